The zero-order valence-electron chi connectivity index (χ0n) is 22.8. The highest BCUT2D eigenvalue weighted by atomic mass is 16.4. The second-order valence-corrected chi connectivity index (χ2v) is 12.0. The molecule has 8 nitrogen and oxygen atoms in total. The van der Waals surface area contributed by atoms with E-state index in [1.807, 2.05) is 46.8 Å². The molecular formula is C29H38BN3O5. The highest BCUT2D eigenvalue weighted by Gasteiger charge is 2.49. The third-order valence-electron chi connectivity index (χ3n) is 7.25. The first-order valence-corrected chi connectivity index (χ1v) is 13.3. The molecule has 9 heteroatoms. The van der Waals surface area contributed by atoms with E-state index in [4.69, 9.17) is 0 Å². The van der Waals surface area contributed by atoms with Gasteiger partial charge in [0.05, 0.1) is 0 Å². The van der Waals surface area contributed by atoms with Gasteiger partial charge in [-0.25, -0.2) is 0 Å². The summed E-state index contributed by atoms with van der Waals surface area (Å²) in [6.07, 6.45) is 1.72. The molecule has 1 saturated heterocycles. The van der Waals surface area contributed by atoms with E-state index in [2.05, 4.69) is 22.8 Å². The molecule has 4 rings (SSSR count). The molecule has 1 heterocycles. The van der Waals surface area contributed by atoms with Gasteiger partial charge in [0.15, 0.2) is 0 Å². The van der Waals surface area contributed by atoms with Gasteiger partial charge in [0, 0.05) is 5.54 Å². The Bertz CT molecular complexity index is 1180. The molecule has 1 fully saturated rings. The van der Waals surface area contributed by atoms with Crippen molar-refractivity contribution < 1.29 is 24.4 Å². The van der Waals surface area contributed by atoms with E-state index in [9.17, 15) is 24.4 Å². The average Bonchev–Trinajstić information content (AvgIpc) is 3.26. The quantitative estimate of drug-likeness (QED) is 0.414. The van der Waals surface area contributed by atoms with Gasteiger partial charge in [0.2, 0.25) is 17.7 Å². The summed E-state index contributed by atoms with van der Waals surface area (Å²) in [4.78, 5) is 43.3. The van der Waals surface area contributed by atoms with Crippen molar-refractivity contribution in [1.29, 1.82) is 0 Å². The van der Waals surface area contributed by atoms with Crippen LogP contribution in [0.15, 0.2) is 48.5 Å². The van der Waals surface area contributed by atoms with Gasteiger partial charge in [-0.1, -0.05) is 62.4 Å². The maximum Gasteiger partial charge on any atom is 0.488 e. The van der Waals surface area contributed by atoms with Gasteiger partial charge in [0.25, 0.3) is 0 Å². The molecule has 2 aromatic rings. The van der Waals surface area contributed by atoms with Gasteiger partial charge in [-0.05, 0) is 74.0 Å². The number of fused-ring (bicyclic) bond motifs is 1. The third kappa shape index (κ3) is 5.94. The largest absolute Gasteiger partial charge is 0.488 e. The SMILES string of the molecule is CC(C)C[C@@H]1C(=O)NC(C2Cc3ccccc3C2)C(=O)N1C(C(=O)NC(C)(C)C)c1cccc(B(O)O)c1. The number of carbonyl (C=O) groups excluding carboxylic acids is 3. The number of piperazine rings is 1. The monoisotopic (exact) mass is 519 g/mol. The highest BCUT2D eigenvalue weighted by Crippen LogP contribution is 2.35. The van der Waals surface area contributed by atoms with Crippen LogP contribution in [-0.4, -0.2) is 57.4 Å². The van der Waals surface area contributed by atoms with Crippen LogP contribution in [0.3, 0.4) is 0 Å². The van der Waals surface area contributed by atoms with Crippen LogP contribution in [0.25, 0.3) is 0 Å². The van der Waals surface area contributed by atoms with Gasteiger partial charge in [0.1, 0.15) is 18.1 Å². The van der Waals surface area contributed by atoms with Crippen molar-refractivity contribution in [2.75, 3.05) is 0 Å². The van der Waals surface area contributed by atoms with Crippen molar-refractivity contribution in [3.8, 4) is 0 Å². The van der Waals surface area contributed by atoms with Gasteiger partial charge >= 0.3 is 7.12 Å². The molecule has 0 bridgehead atoms. The summed E-state index contributed by atoms with van der Waals surface area (Å²) < 4.78 is 0. The van der Waals surface area contributed by atoms with Crippen LogP contribution in [0, 0.1) is 11.8 Å². The smallest absolute Gasteiger partial charge is 0.423 e. The van der Waals surface area contributed by atoms with Gasteiger partial charge in [-0.2, -0.15) is 0 Å². The Morgan fingerprint density at radius 3 is 2.26 bits per heavy atom. The van der Waals surface area contributed by atoms with Crippen LogP contribution in [0.5, 0.6) is 0 Å². The third-order valence-corrected chi connectivity index (χ3v) is 7.25. The van der Waals surface area contributed by atoms with Crippen LogP contribution in [0.4, 0.5) is 0 Å². The summed E-state index contributed by atoms with van der Waals surface area (Å²) in [5.74, 6) is -1.02. The number of hydrogen-bond acceptors (Lipinski definition) is 5. The van der Waals surface area contributed by atoms with Crippen LogP contribution in [-0.2, 0) is 27.2 Å². The molecule has 0 spiro atoms. The Morgan fingerprint density at radius 1 is 1.08 bits per heavy atom. The second-order valence-electron chi connectivity index (χ2n) is 12.0. The summed E-state index contributed by atoms with van der Waals surface area (Å²) in [6, 6.07) is 11.7. The number of hydrogen-bond donors (Lipinski definition) is 4. The zero-order chi connectivity index (χ0) is 27.8. The Balaban J connectivity index is 1.79. The topological polar surface area (TPSA) is 119 Å². The van der Waals surface area contributed by atoms with E-state index in [0.29, 0.717) is 24.8 Å². The maximum atomic E-state index is 14.3. The van der Waals surface area contributed by atoms with Crippen LogP contribution in [0.2, 0.25) is 0 Å². The predicted octanol–water partition coefficient (Wildman–Crippen LogP) is 1.48. The lowest BCUT2D eigenvalue weighted by Crippen LogP contribution is -2.67. The van der Waals surface area contributed by atoms with E-state index in [0.717, 1.165) is 0 Å². The van der Waals surface area contributed by atoms with Crippen molar-refractivity contribution in [3.63, 3.8) is 0 Å². The molecule has 0 aromatic heterocycles. The Morgan fingerprint density at radius 2 is 1.71 bits per heavy atom. The molecule has 38 heavy (non-hydrogen) atoms. The summed E-state index contributed by atoms with van der Waals surface area (Å²) in [7, 11) is -1.74. The Labute approximate surface area is 225 Å². The number of carbonyl (C=O) groups is 3. The van der Waals surface area contributed by atoms with Gasteiger partial charge in [-0.3, -0.25) is 14.4 Å². The van der Waals surface area contributed by atoms with Gasteiger partial charge < -0.3 is 25.6 Å². The number of nitrogens with zero attached hydrogens (tertiary/aromatic N) is 1. The Kier molecular flexibility index (Phi) is 8.00. The van der Waals surface area contributed by atoms with E-state index < -0.39 is 36.7 Å². The first kappa shape index (κ1) is 27.9. The fourth-order valence-corrected chi connectivity index (χ4v) is 5.64. The number of nitrogens with one attached hydrogen (secondary N) is 2. The fourth-order valence-electron chi connectivity index (χ4n) is 5.64. The molecule has 3 atom stereocenters. The van der Waals surface area contributed by atoms with Gasteiger partial charge in [-0.15, -0.1) is 0 Å². The molecule has 0 radical (unpaired) electrons. The number of amides is 3. The molecule has 2 aliphatic rings. The molecule has 2 aromatic carbocycles. The second kappa shape index (κ2) is 10.9. The number of benzene rings is 2. The summed E-state index contributed by atoms with van der Waals surface area (Å²) in [5, 5.41) is 25.6. The molecule has 0 saturated carbocycles. The predicted molar refractivity (Wildman–Crippen MR) is 146 cm³/mol. The van der Waals surface area contributed by atoms with E-state index in [1.165, 1.54) is 22.1 Å². The molecular weight excluding hydrogens is 481 g/mol. The van der Waals surface area contributed by atoms with Crippen LogP contribution in [0.1, 0.15) is 63.8 Å². The summed E-state index contributed by atoms with van der Waals surface area (Å²) in [6.45, 7) is 9.51. The minimum atomic E-state index is -1.74. The summed E-state index contributed by atoms with van der Waals surface area (Å²) in [5.41, 5.74) is 2.37. The zero-order valence-corrected chi connectivity index (χ0v) is 22.8. The van der Waals surface area contributed by atoms with E-state index in [-0.39, 0.29) is 29.1 Å². The van der Waals surface area contributed by atoms with Crippen LogP contribution < -0.4 is 16.1 Å². The normalized spacial score (nSPS) is 20.8. The lowest BCUT2D eigenvalue weighted by Gasteiger charge is -2.45. The van der Waals surface area contributed by atoms with Crippen molar-refractivity contribution in [2.45, 2.75) is 77.5 Å². The van der Waals surface area contributed by atoms with E-state index >= 15 is 0 Å². The lowest BCUT2D eigenvalue weighted by atomic mass is 9.78. The minimum Gasteiger partial charge on any atom is -0.423 e. The molecule has 1 aliphatic heterocycles. The molecule has 4 N–H and O–H groups in total. The van der Waals surface area contributed by atoms with E-state index in [1.54, 1.807) is 18.2 Å². The molecule has 2 unspecified atom stereocenters. The minimum absolute atomic E-state index is 0.0882. The van der Waals surface area contributed by atoms with Crippen LogP contribution >= 0.6 is 0 Å². The molecule has 1 aliphatic carbocycles. The summed E-state index contributed by atoms with van der Waals surface area (Å²) >= 11 is 0. The molecule has 202 valence electrons. The molecule has 3 amide bonds. The standard InChI is InChI=1S/C29H38BN3O5/c1-17(2)13-23-26(34)31-24(21-14-18-9-6-7-10-19(18)15-21)28(36)33(23)25(27(35)32-29(3,4)5)20-11-8-12-22(16-20)30(37)38/h6-12,16-17,21,23-25,37-38H,13-15H2,1-5H3,(H,31,34)(H,32,35)/t23-,24?,25?/m1/s1. The fraction of sp³-hybridized carbons (Fsp3) is 0.483. The first-order chi connectivity index (χ1) is 17.9. The average molecular weight is 519 g/mol. The van der Waals surface area contributed by atoms with Crippen molar-refractivity contribution in [3.05, 3.63) is 65.2 Å². The lowest BCUT2D eigenvalue weighted by molar-refractivity contribution is -0.158. The first-order valence-electron chi connectivity index (χ1n) is 13.3. The van der Waals surface area contributed by atoms with Crippen molar-refractivity contribution in [1.82, 2.24) is 15.5 Å². The number of rotatable bonds is 7. The Hall–Kier alpha value is -3.17. The highest BCUT2D eigenvalue weighted by molar-refractivity contribution is 6.58. The maximum absolute atomic E-state index is 14.3. The van der Waals surface area contributed by atoms with Crippen molar-refractivity contribution in [2.24, 2.45) is 11.8 Å². The van der Waals surface area contributed by atoms with Crippen molar-refractivity contribution >= 4 is 30.3 Å².